The number of aromatic nitrogens is 2. The third-order valence-corrected chi connectivity index (χ3v) is 17.7. The van der Waals surface area contributed by atoms with E-state index in [1.807, 2.05) is 44.0 Å². The minimum absolute atomic E-state index is 0.0589. The van der Waals surface area contributed by atoms with Crippen molar-refractivity contribution in [1.82, 2.24) is 28.8 Å². The molecular formula is C50H72Br2N8O9S2. The van der Waals surface area contributed by atoms with Crippen LogP contribution in [0.4, 0.5) is 11.4 Å². The number of benzene rings is 2. The molecule has 0 unspecified atom stereocenters. The first kappa shape index (κ1) is 59.5. The molecule has 2 aliphatic heterocycles. The summed E-state index contributed by atoms with van der Waals surface area (Å²) in [5, 5.41) is 3.26. The smallest absolute Gasteiger partial charge is 0.295 e. The van der Waals surface area contributed by atoms with E-state index in [2.05, 4.69) is 73.8 Å². The van der Waals surface area contributed by atoms with Crippen molar-refractivity contribution >= 4 is 75.7 Å². The van der Waals surface area contributed by atoms with Gasteiger partial charge in [-0.2, -0.15) is 8.61 Å². The number of nitrogens with one attached hydrogen (secondary N) is 1. The second kappa shape index (κ2) is 29.6. The number of likely N-dealkylation sites (N-methyl/N-ethyl adjacent to an activating group) is 3. The van der Waals surface area contributed by atoms with Gasteiger partial charge in [0, 0.05) is 112 Å². The minimum Gasteiger partial charge on any atom is -0.441 e. The summed E-state index contributed by atoms with van der Waals surface area (Å²) >= 11 is 6.75. The summed E-state index contributed by atoms with van der Waals surface area (Å²) in [6.45, 7) is 13.9. The molecule has 0 spiro atoms. The Morgan fingerprint density at radius 2 is 1.08 bits per heavy atom. The molecule has 392 valence electrons. The first-order valence-electron chi connectivity index (χ1n) is 23.6. The number of pyridine rings is 2. The number of aryl methyl sites for hydroxylation is 4. The Balaban J connectivity index is 0.000000257. The zero-order valence-electron chi connectivity index (χ0n) is 42.4. The Bertz CT molecular complexity index is 2450. The van der Waals surface area contributed by atoms with Crippen LogP contribution in [0.15, 0.2) is 92.1 Å². The molecule has 4 heterocycles. The van der Waals surface area contributed by atoms with Crippen molar-refractivity contribution in [3.8, 4) is 0 Å². The number of hydrogen-bond acceptors (Lipinski definition) is 14. The number of nitrogens with zero attached hydrogens (tertiary/aromatic N) is 7. The van der Waals surface area contributed by atoms with Gasteiger partial charge in [0.2, 0.25) is 26.0 Å². The Hall–Kier alpha value is -4.06. The predicted molar refractivity (Wildman–Crippen MR) is 286 cm³/mol. The lowest BCUT2D eigenvalue weighted by molar-refractivity contribution is -0.140. The standard InChI is InChI=1S/C25H35BrN4O4S.C13H18BrNO5S.C12H19N3/c1-19-15-22(26)16-20(2)25(19)35(32,33)29(4)13-14-34-18-24(31)28(3)17-21-7-11-30(12-8-21)23-5-9-27-10-6-23;1-10-6-12(14)7-11(2)13(10)21(17,18)15(3)4-5-19-9-20-8-16;1-13-10-11-4-8-15(9-5-11)12-2-6-14-7-3-12/h5-6,9-10,15-16,21H,7-8,11-14,17-18H2,1-4H3;6-8H,4-5,9H2,1-3H3;2-3,6-7,11,13H,4-5,8-10H2,1H3. The maximum atomic E-state index is 13.0. The average Bonchev–Trinajstić information content (AvgIpc) is 3.33. The van der Waals surface area contributed by atoms with E-state index in [0.717, 1.165) is 47.3 Å². The molecule has 0 atom stereocenters. The average molecular weight is 1150 g/mol. The zero-order valence-corrected chi connectivity index (χ0v) is 47.2. The summed E-state index contributed by atoms with van der Waals surface area (Å²) in [5.41, 5.74) is 5.24. The molecular weight excluding hydrogens is 1080 g/mol. The predicted octanol–water partition coefficient (Wildman–Crippen LogP) is 6.82. The quantitative estimate of drug-likeness (QED) is 0.0521. The van der Waals surface area contributed by atoms with E-state index in [4.69, 9.17) is 9.47 Å². The monoisotopic (exact) mass is 1150 g/mol. The summed E-state index contributed by atoms with van der Waals surface area (Å²) < 4.78 is 70.3. The molecule has 2 aromatic carbocycles. The van der Waals surface area contributed by atoms with Crippen LogP contribution < -0.4 is 15.1 Å². The highest BCUT2D eigenvalue weighted by molar-refractivity contribution is 9.10. The maximum absolute atomic E-state index is 13.0. The molecule has 1 N–H and O–H groups in total. The highest BCUT2D eigenvalue weighted by Crippen LogP contribution is 2.29. The largest absolute Gasteiger partial charge is 0.441 e. The normalized spacial score (nSPS) is 14.6. The van der Waals surface area contributed by atoms with Crippen LogP contribution in [0.5, 0.6) is 0 Å². The molecule has 2 aliphatic rings. The van der Waals surface area contributed by atoms with E-state index in [-0.39, 0.29) is 52.1 Å². The first-order chi connectivity index (χ1) is 33.8. The minimum atomic E-state index is -3.65. The number of carbonyl (C=O) groups excluding carboxylic acids is 2. The van der Waals surface area contributed by atoms with E-state index in [1.54, 1.807) is 63.9 Å². The van der Waals surface area contributed by atoms with Crippen molar-refractivity contribution in [3.05, 3.63) is 105 Å². The molecule has 0 aliphatic carbocycles. The fraction of sp³-hybridized carbons (Fsp3) is 0.520. The van der Waals surface area contributed by atoms with Crippen molar-refractivity contribution < 1.29 is 40.6 Å². The van der Waals surface area contributed by atoms with Gasteiger partial charge < -0.3 is 34.2 Å². The SMILES string of the molecule is CNCC1CCN(c2ccncc2)CC1.Cc1cc(Br)cc(C)c1S(=O)(=O)N(C)CCOCC(=O)N(C)CC1CCN(c2ccncc2)CC1.Cc1cc(Br)cc(C)c1S(=O)(=O)N(C)CCOCOC=O. The summed E-state index contributed by atoms with van der Waals surface area (Å²) in [7, 11) is -0.377. The van der Waals surface area contributed by atoms with Gasteiger partial charge in [0.15, 0.2) is 6.79 Å². The second-order valence-corrected chi connectivity index (χ2v) is 23.6. The number of rotatable bonds is 21. The van der Waals surface area contributed by atoms with Crippen LogP contribution in [0.2, 0.25) is 0 Å². The molecule has 4 aromatic rings. The second-order valence-electron chi connectivity index (χ2n) is 17.8. The van der Waals surface area contributed by atoms with E-state index in [1.165, 1.54) is 60.0 Å². The number of hydrogen-bond donors (Lipinski definition) is 1. The molecule has 21 heteroatoms. The van der Waals surface area contributed by atoms with E-state index >= 15 is 0 Å². The van der Waals surface area contributed by atoms with Gasteiger partial charge in [-0.05, 0) is 150 Å². The van der Waals surface area contributed by atoms with Gasteiger partial charge in [-0.15, -0.1) is 0 Å². The Morgan fingerprint density at radius 3 is 1.48 bits per heavy atom. The molecule has 2 saturated heterocycles. The highest BCUT2D eigenvalue weighted by Gasteiger charge is 2.27. The molecule has 2 fully saturated rings. The molecule has 1 amide bonds. The van der Waals surface area contributed by atoms with Gasteiger partial charge in [0.05, 0.1) is 23.0 Å². The Kier molecular flexibility index (Phi) is 24.8. The molecule has 0 saturated carbocycles. The summed E-state index contributed by atoms with van der Waals surface area (Å²) in [5.74, 6) is 1.22. The number of halogens is 2. The summed E-state index contributed by atoms with van der Waals surface area (Å²) in [6.07, 6.45) is 12.0. The molecule has 0 bridgehead atoms. The Morgan fingerprint density at radius 1 is 0.690 bits per heavy atom. The zero-order chi connectivity index (χ0) is 52.1. The topological polar surface area (TPSA) is 184 Å². The van der Waals surface area contributed by atoms with E-state index in [0.29, 0.717) is 44.5 Å². The number of sulfonamides is 2. The summed E-state index contributed by atoms with van der Waals surface area (Å²) in [4.78, 5) is 37.7. The highest BCUT2D eigenvalue weighted by atomic mass is 79.9. The van der Waals surface area contributed by atoms with Gasteiger partial charge in [0.1, 0.15) is 6.61 Å². The molecule has 6 rings (SSSR count). The third-order valence-electron chi connectivity index (χ3n) is 12.5. The number of carbonyl (C=O) groups is 2. The Labute approximate surface area is 439 Å². The van der Waals surface area contributed by atoms with Gasteiger partial charge in [0.25, 0.3) is 6.47 Å². The van der Waals surface area contributed by atoms with Gasteiger partial charge >= 0.3 is 0 Å². The van der Waals surface area contributed by atoms with E-state index in [9.17, 15) is 26.4 Å². The van der Waals surface area contributed by atoms with Gasteiger partial charge in [-0.1, -0.05) is 31.9 Å². The maximum Gasteiger partial charge on any atom is 0.295 e. The van der Waals surface area contributed by atoms with Crippen molar-refractivity contribution in [1.29, 1.82) is 0 Å². The van der Waals surface area contributed by atoms with Crippen LogP contribution in [0.3, 0.4) is 0 Å². The van der Waals surface area contributed by atoms with Crippen LogP contribution in [0, 0.1) is 39.5 Å². The lowest BCUT2D eigenvalue weighted by Crippen LogP contribution is -2.40. The van der Waals surface area contributed by atoms with Gasteiger partial charge in [-0.3, -0.25) is 19.6 Å². The van der Waals surface area contributed by atoms with Crippen LogP contribution in [0.25, 0.3) is 0 Å². The number of anilines is 2. The lowest BCUT2D eigenvalue weighted by Gasteiger charge is -2.35. The van der Waals surface area contributed by atoms with Crippen molar-refractivity contribution in [2.75, 3.05) is 117 Å². The first-order valence-corrected chi connectivity index (χ1v) is 28.1. The fourth-order valence-electron chi connectivity index (χ4n) is 8.61. The van der Waals surface area contributed by atoms with Gasteiger partial charge in [-0.25, -0.2) is 16.8 Å². The summed E-state index contributed by atoms with van der Waals surface area (Å²) in [6, 6.07) is 15.4. The van der Waals surface area contributed by atoms with Crippen LogP contribution in [0.1, 0.15) is 47.9 Å². The van der Waals surface area contributed by atoms with Crippen molar-refractivity contribution in [2.24, 2.45) is 11.8 Å². The van der Waals surface area contributed by atoms with Crippen LogP contribution >= 0.6 is 31.9 Å². The van der Waals surface area contributed by atoms with Crippen molar-refractivity contribution in [2.45, 2.75) is 63.2 Å². The molecule has 2 aromatic heterocycles. The number of ether oxygens (including phenoxy) is 3. The number of amides is 1. The van der Waals surface area contributed by atoms with Crippen molar-refractivity contribution in [3.63, 3.8) is 0 Å². The molecule has 17 nitrogen and oxygen atoms in total. The number of piperidine rings is 2. The third kappa shape index (κ3) is 18.4. The van der Waals surface area contributed by atoms with E-state index < -0.39 is 20.0 Å². The molecule has 0 radical (unpaired) electrons. The molecule has 71 heavy (non-hydrogen) atoms. The lowest BCUT2D eigenvalue weighted by atomic mass is 9.96. The van der Waals surface area contributed by atoms with Crippen LogP contribution in [-0.4, -0.2) is 160 Å². The van der Waals surface area contributed by atoms with Crippen LogP contribution in [-0.2, 0) is 43.8 Å². The fourth-order valence-corrected chi connectivity index (χ4v) is 13.1.